The van der Waals surface area contributed by atoms with Gasteiger partial charge in [-0.25, -0.2) is 8.78 Å². The molecule has 1 aromatic heterocycles. The SMILES string of the molecule is COC(=O)C(Br)CC(=O)NCCNC(=O)[C@@H](N)CCN(C(=O)CO)[C@@H](c1cc(-c2cc(F)ccc2F)cn1Cc1ccccc1)C(C)(C)C. The number of esters is 1. The van der Waals surface area contributed by atoms with Crippen molar-refractivity contribution in [1.82, 2.24) is 20.1 Å². The molecule has 0 aliphatic rings. The second-order valence-corrected chi connectivity index (χ2v) is 13.7. The first-order chi connectivity index (χ1) is 23.2. The molecule has 0 bridgehead atoms. The van der Waals surface area contributed by atoms with Gasteiger partial charge in [0.2, 0.25) is 17.7 Å². The minimum absolute atomic E-state index is 0.00695. The number of aromatic nitrogens is 1. The molecule has 3 amide bonds. The predicted molar refractivity (Wildman–Crippen MR) is 184 cm³/mol. The molecule has 266 valence electrons. The number of carbonyl (C=O) groups excluding carboxylic acids is 4. The van der Waals surface area contributed by atoms with Crippen molar-refractivity contribution in [3.8, 4) is 11.1 Å². The van der Waals surface area contributed by atoms with Crippen molar-refractivity contribution < 1.29 is 37.8 Å². The maximum Gasteiger partial charge on any atom is 0.319 e. The Morgan fingerprint density at radius 2 is 1.71 bits per heavy atom. The zero-order valence-corrected chi connectivity index (χ0v) is 29.6. The molecule has 0 saturated heterocycles. The minimum Gasteiger partial charge on any atom is -0.468 e. The van der Waals surface area contributed by atoms with Gasteiger partial charge in [0, 0.05) is 55.6 Å². The fraction of sp³-hybridized carbons (Fsp3) is 0.429. The van der Waals surface area contributed by atoms with Crippen molar-refractivity contribution in [2.75, 3.05) is 33.4 Å². The highest BCUT2D eigenvalue weighted by molar-refractivity contribution is 9.10. The number of nitrogens with two attached hydrogens (primary N) is 1. The van der Waals surface area contributed by atoms with Crippen LogP contribution in [0.3, 0.4) is 0 Å². The molecule has 0 radical (unpaired) electrons. The Kier molecular flexibility index (Phi) is 14.5. The van der Waals surface area contributed by atoms with E-state index in [1.165, 1.54) is 12.0 Å². The summed E-state index contributed by atoms with van der Waals surface area (Å²) >= 11 is 3.08. The third-order valence-corrected chi connectivity index (χ3v) is 8.52. The van der Waals surface area contributed by atoms with Gasteiger partial charge < -0.3 is 35.7 Å². The topological polar surface area (TPSA) is 156 Å². The number of hydrogen-bond acceptors (Lipinski definition) is 7. The molecule has 3 rings (SSSR count). The molecule has 1 unspecified atom stereocenters. The lowest BCUT2D eigenvalue weighted by atomic mass is 9.82. The van der Waals surface area contributed by atoms with Gasteiger partial charge in [-0.15, -0.1) is 0 Å². The molecule has 0 aliphatic carbocycles. The molecule has 5 N–H and O–H groups in total. The number of halogens is 3. The van der Waals surface area contributed by atoms with Crippen molar-refractivity contribution >= 4 is 39.6 Å². The van der Waals surface area contributed by atoms with Crippen LogP contribution >= 0.6 is 15.9 Å². The van der Waals surface area contributed by atoms with Crippen LogP contribution < -0.4 is 16.4 Å². The summed E-state index contributed by atoms with van der Waals surface area (Å²) in [6.45, 7) is 5.46. The third-order valence-electron chi connectivity index (χ3n) is 7.82. The van der Waals surface area contributed by atoms with E-state index in [9.17, 15) is 33.1 Å². The number of aliphatic hydroxyl groups is 1. The van der Waals surface area contributed by atoms with Crippen LogP contribution in [0.5, 0.6) is 0 Å². The highest BCUT2D eigenvalue weighted by Crippen LogP contribution is 2.41. The van der Waals surface area contributed by atoms with E-state index in [1.807, 2.05) is 55.7 Å². The highest BCUT2D eigenvalue weighted by Gasteiger charge is 2.37. The van der Waals surface area contributed by atoms with Crippen LogP contribution in [-0.4, -0.2) is 82.5 Å². The lowest BCUT2D eigenvalue weighted by Crippen LogP contribution is -2.48. The van der Waals surface area contributed by atoms with E-state index < -0.39 is 64.3 Å². The number of nitrogens with zero attached hydrogens (tertiary/aromatic N) is 2. The predicted octanol–water partition coefficient (Wildman–Crippen LogP) is 3.67. The maximum absolute atomic E-state index is 15.0. The zero-order valence-electron chi connectivity index (χ0n) is 28.0. The molecule has 11 nitrogen and oxygen atoms in total. The summed E-state index contributed by atoms with van der Waals surface area (Å²) in [6, 6.07) is 12.7. The molecule has 3 atom stereocenters. The normalized spacial score (nSPS) is 13.2. The largest absolute Gasteiger partial charge is 0.468 e. The number of alkyl halides is 1. The first-order valence-corrected chi connectivity index (χ1v) is 16.7. The first-order valence-electron chi connectivity index (χ1n) is 15.8. The second kappa shape index (κ2) is 18.0. The summed E-state index contributed by atoms with van der Waals surface area (Å²) in [6.07, 6.45) is 1.61. The molecule has 14 heteroatoms. The van der Waals surface area contributed by atoms with E-state index in [1.54, 1.807) is 12.3 Å². The second-order valence-electron chi connectivity index (χ2n) is 12.6. The number of aliphatic hydroxyl groups excluding tert-OH is 1. The smallest absolute Gasteiger partial charge is 0.319 e. The van der Waals surface area contributed by atoms with Crippen LogP contribution in [0.4, 0.5) is 8.78 Å². The number of benzene rings is 2. The van der Waals surface area contributed by atoms with Crippen LogP contribution in [0.2, 0.25) is 0 Å². The lowest BCUT2D eigenvalue weighted by Gasteiger charge is -2.41. The monoisotopic (exact) mass is 747 g/mol. The van der Waals surface area contributed by atoms with E-state index >= 15 is 0 Å². The van der Waals surface area contributed by atoms with E-state index in [2.05, 4.69) is 31.3 Å². The van der Waals surface area contributed by atoms with E-state index in [0.717, 1.165) is 23.8 Å². The Balaban J connectivity index is 1.83. The summed E-state index contributed by atoms with van der Waals surface area (Å²) in [5, 5.41) is 15.3. The van der Waals surface area contributed by atoms with Gasteiger partial charge in [-0.3, -0.25) is 19.2 Å². The van der Waals surface area contributed by atoms with Crippen molar-refractivity contribution in [2.24, 2.45) is 11.1 Å². The third kappa shape index (κ3) is 11.2. The van der Waals surface area contributed by atoms with Gasteiger partial charge in [0.15, 0.2) is 0 Å². The van der Waals surface area contributed by atoms with Crippen LogP contribution in [0.15, 0.2) is 60.8 Å². The Morgan fingerprint density at radius 1 is 1.04 bits per heavy atom. The quantitative estimate of drug-likeness (QED) is 0.0991. The zero-order chi connectivity index (χ0) is 36.3. The first kappa shape index (κ1) is 39.3. The minimum atomic E-state index is -1.04. The van der Waals surface area contributed by atoms with Gasteiger partial charge in [-0.2, -0.15) is 0 Å². The molecule has 49 heavy (non-hydrogen) atoms. The van der Waals surface area contributed by atoms with E-state index in [0.29, 0.717) is 17.8 Å². The molecular formula is C35H44BrF2N5O6. The fourth-order valence-corrected chi connectivity index (χ4v) is 5.96. The Bertz CT molecular complexity index is 1600. The lowest BCUT2D eigenvalue weighted by molar-refractivity contribution is -0.141. The molecule has 0 spiro atoms. The summed E-state index contributed by atoms with van der Waals surface area (Å²) in [5.41, 5.74) is 7.60. The number of rotatable bonds is 16. The van der Waals surface area contributed by atoms with Gasteiger partial charge in [0.1, 0.15) is 23.1 Å². The molecule has 2 aromatic carbocycles. The van der Waals surface area contributed by atoms with E-state index in [-0.39, 0.29) is 38.0 Å². The van der Waals surface area contributed by atoms with Crippen molar-refractivity contribution in [3.05, 3.63) is 83.7 Å². The standard InChI is InChI=1S/C35H44BrF2N5O6/c1-35(2,3)32(29-16-23(25-17-24(37)10-11-27(25)38)20-42(29)19-22-8-6-5-7-9-22)43(31(46)21-44)15-12-28(39)33(47)41-14-13-40-30(45)18-26(36)34(48)49-4/h5-11,16-17,20,26,28,32,44H,12-15,18-19,21,39H2,1-4H3,(H,40,45)(H,41,47)/t26?,28-,32-/m0/s1. The average Bonchev–Trinajstić information content (AvgIpc) is 3.46. The molecule has 3 aromatic rings. The van der Waals surface area contributed by atoms with Crippen molar-refractivity contribution in [2.45, 2.75) is 57.1 Å². The van der Waals surface area contributed by atoms with Gasteiger partial charge >= 0.3 is 5.97 Å². The Hall–Kier alpha value is -4.14. The maximum atomic E-state index is 15.0. The molecular weight excluding hydrogens is 704 g/mol. The summed E-state index contributed by atoms with van der Waals surface area (Å²) < 4.78 is 35.7. The number of methoxy groups -OCH3 is 1. The van der Waals surface area contributed by atoms with Crippen LogP contribution in [0, 0.1) is 17.0 Å². The molecule has 1 heterocycles. The van der Waals surface area contributed by atoms with E-state index in [4.69, 9.17) is 5.73 Å². The van der Waals surface area contributed by atoms with Crippen LogP contribution in [0.25, 0.3) is 11.1 Å². The van der Waals surface area contributed by atoms with Gasteiger partial charge in [0.05, 0.1) is 19.2 Å². The van der Waals surface area contributed by atoms with Crippen molar-refractivity contribution in [3.63, 3.8) is 0 Å². The van der Waals surface area contributed by atoms with Gasteiger partial charge in [0.25, 0.3) is 0 Å². The Morgan fingerprint density at radius 3 is 2.35 bits per heavy atom. The summed E-state index contributed by atoms with van der Waals surface area (Å²) in [4.78, 5) is 50.4. The van der Waals surface area contributed by atoms with Crippen LogP contribution in [-0.2, 0) is 30.5 Å². The fourth-order valence-electron chi connectivity index (χ4n) is 5.47. The van der Waals surface area contributed by atoms with Crippen LogP contribution in [0.1, 0.15) is 50.9 Å². The van der Waals surface area contributed by atoms with Gasteiger partial charge in [-0.1, -0.05) is 67.0 Å². The summed E-state index contributed by atoms with van der Waals surface area (Å²) in [5.74, 6) is -3.32. The number of carbonyl (C=O) groups is 4. The molecule has 0 saturated carbocycles. The Labute approximate surface area is 293 Å². The number of nitrogens with one attached hydrogen (secondary N) is 2. The van der Waals surface area contributed by atoms with Crippen molar-refractivity contribution in [1.29, 1.82) is 0 Å². The van der Waals surface area contributed by atoms with Gasteiger partial charge in [-0.05, 0) is 41.7 Å². The number of hydrogen-bond donors (Lipinski definition) is 4. The highest BCUT2D eigenvalue weighted by atomic mass is 79.9. The average molecular weight is 749 g/mol. The molecule has 0 fully saturated rings. The summed E-state index contributed by atoms with van der Waals surface area (Å²) in [7, 11) is 1.21. The number of ether oxygens (including phenoxy) is 1. The molecule has 0 aliphatic heterocycles. The number of amides is 3.